The van der Waals surface area contributed by atoms with E-state index in [1.54, 1.807) is 52.7 Å². The summed E-state index contributed by atoms with van der Waals surface area (Å²) in [6.07, 6.45) is 2.97. The second-order valence-corrected chi connectivity index (χ2v) is 7.99. The normalized spacial score (nSPS) is 11.7. The molecule has 0 spiro atoms. The van der Waals surface area contributed by atoms with Gasteiger partial charge in [-0.05, 0) is 35.7 Å². The van der Waals surface area contributed by atoms with Crippen LogP contribution in [0.2, 0.25) is 0 Å². The van der Waals surface area contributed by atoms with E-state index in [-0.39, 0.29) is 4.21 Å². The van der Waals surface area contributed by atoms with E-state index < -0.39 is 10.0 Å². The molecule has 0 aliphatic rings. The highest BCUT2D eigenvalue weighted by molar-refractivity contribution is 7.94. The van der Waals surface area contributed by atoms with Gasteiger partial charge in [0.2, 0.25) is 0 Å². The number of nitrogens with two attached hydrogens (primary N) is 1. The maximum Gasteiger partial charge on any atom is 0.271 e. The summed E-state index contributed by atoms with van der Waals surface area (Å²) in [6, 6.07) is 10.1. The Hall–Kier alpha value is -2.98. The summed E-state index contributed by atoms with van der Waals surface area (Å²) < 4.78 is 28.9. The molecular formula is C15H12N6O2S2. The molecule has 0 fully saturated rings. The van der Waals surface area contributed by atoms with Gasteiger partial charge in [0.15, 0.2) is 5.65 Å². The molecule has 3 aromatic heterocycles. The first-order valence-electron chi connectivity index (χ1n) is 7.15. The number of fused-ring (bicyclic) bond motifs is 1. The highest BCUT2D eigenvalue weighted by atomic mass is 32.2. The quantitative estimate of drug-likeness (QED) is 0.568. The van der Waals surface area contributed by atoms with E-state index in [0.29, 0.717) is 22.5 Å². The highest BCUT2D eigenvalue weighted by Crippen LogP contribution is 2.23. The van der Waals surface area contributed by atoms with E-state index >= 15 is 0 Å². The molecule has 1 aromatic carbocycles. The predicted molar refractivity (Wildman–Crippen MR) is 96.2 cm³/mol. The summed E-state index contributed by atoms with van der Waals surface area (Å²) in [4.78, 5) is 8.12. The van der Waals surface area contributed by atoms with Crippen molar-refractivity contribution in [2.24, 2.45) is 0 Å². The molecule has 0 saturated heterocycles. The van der Waals surface area contributed by atoms with Crippen LogP contribution >= 0.6 is 11.3 Å². The minimum atomic E-state index is -3.57. The van der Waals surface area contributed by atoms with E-state index in [1.807, 2.05) is 0 Å². The van der Waals surface area contributed by atoms with E-state index in [2.05, 4.69) is 19.8 Å². The van der Waals surface area contributed by atoms with Crippen LogP contribution in [0.4, 0.5) is 11.5 Å². The Kier molecular flexibility index (Phi) is 3.62. The SMILES string of the molecule is Nc1ncnc2c1cnn2-c1ccc(NS(=O)(=O)c2cccs2)cc1. The molecule has 4 aromatic rings. The number of thiophene rings is 1. The third kappa shape index (κ3) is 2.81. The molecule has 0 bridgehead atoms. The van der Waals surface area contributed by atoms with Gasteiger partial charge in [0.05, 0.1) is 17.3 Å². The van der Waals surface area contributed by atoms with Crippen LogP contribution in [-0.4, -0.2) is 28.2 Å². The Morgan fingerprint density at radius 3 is 2.64 bits per heavy atom. The molecule has 3 heterocycles. The zero-order chi connectivity index (χ0) is 17.4. The molecule has 3 N–H and O–H groups in total. The molecule has 126 valence electrons. The zero-order valence-corrected chi connectivity index (χ0v) is 14.3. The van der Waals surface area contributed by atoms with Crippen LogP contribution in [0.5, 0.6) is 0 Å². The standard InChI is InChI=1S/C15H12N6O2S2/c16-14-12-8-19-21(15(12)18-9-17-14)11-5-3-10(4-6-11)20-25(22,23)13-2-1-7-24-13/h1-9,20H,(H2,16,17,18). The van der Waals surface area contributed by atoms with Gasteiger partial charge < -0.3 is 5.73 Å². The van der Waals surface area contributed by atoms with Gasteiger partial charge in [-0.15, -0.1) is 11.3 Å². The number of anilines is 2. The lowest BCUT2D eigenvalue weighted by Gasteiger charge is -2.08. The van der Waals surface area contributed by atoms with E-state index in [1.165, 1.54) is 6.33 Å². The van der Waals surface area contributed by atoms with Gasteiger partial charge in [0, 0.05) is 5.69 Å². The van der Waals surface area contributed by atoms with E-state index in [0.717, 1.165) is 17.0 Å². The first-order chi connectivity index (χ1) is 12.0. The summed E-state index contributed by atoms with van der Waals surface area (Å²) >= 11 is 1.16. The number of aromatic nitrogens is 4. The van der Waals surface area contributed by atoms with E-state index in [9.17, 15) is 8.42 Å². The van der Waals surface area contributed by atoms with Crippen molar-refractivity contribution in [2.45, 2.75) is 4.21 Å². The van der Waals surface area contributed by atoms with Crippen molar-refractivity contribution in [2.75, 3.05) is 10.5 Å². The molecule has 4 rings (SSSR count). The molecule has 0 radical (unpaired) electrons. The molecule has 0 aliphatic carbocycles. The first-order valence-corrected chi connectivity index (χ1v) is 9.52. The van der Waals surface area contributed by atoms with Crippen LogP contribution in [0.3, 0.4) is 0 Å². The fourth-order valence-electron chi connectivity index (χ4n) is 2.34. The average Bonchev–Trinajstić information content (AvgIpc) is 3.26. The van der Waals surface area contributed by atoms with Crippen LogP contribution in [0, 0.1) is 0 Å². The minimum Gasteiger partial charge on any atom is -0.383 e. The number of hydrogen-bond donors (Lipinski definition) is 2. The van der Waals surface area contributed by atoms with Gasteiger partial charge in [-0.2, -0.15) is 5.10 Å². The third-order valence-electron chi connectivity index (χ3n) is 3.52. The van der Waals surface area contributed by atoms with Crippen LogP contribution in [-0.2, 0) is 10.0 Å². The van der Waals surface area contributed by atoms with Crippen molar-refractivity contribution in [3.8, 4) is 5.69 Å². The lowest BCUT2D eigenvalue weighted by atomic mass is 10.3. The summed E-state index contributed by atoms with van der Waals surface area (Å²) in [7, 11) is -3.57. The first kappa shape index (κ1) is 15.5. The van der Waals surface area contributed by atoms with Gasteiger partial charge >= 0.3 is 0 Å². The lowest BCUT2D eigenvalue weighted by Crippen LogP contribution is -2.11. The second kappa shape index (κ2) is 5.83. The van der Waals surface area contributed by atoms with Crippen molar-refractivity contribution >= 4 is 43.9 Å². The summed E-state index contributed by atoms with van der Waals surface area (Å²) in [5.41, 5.74) is 7.58. The zero-order valence-electron chi connectivity index (χ0n) is 12.7. The van der Waals surface area contributed by atoms with Crippen molar-refractivity contribution in [1.82, 2.24) is 19.7 Å². The highest BCUT2D eigenvalue weighted by Gasteiger charge is 2.15. The van der Waals surface area contributed by atoms with Gasteiger partial charge in [-0.3, -0.25) is 4.72 Å². The van der Waals surface area contributed by atoms with Gasteiger partial charge in [0.25, 0.3) is 10.0 Å². The molecule has 0 atom stereocenters. The predicted octanol–water partition coefficient (Wildman–Crippen LogP) is 2.26. The summed E-state index contributed by atoms with van der Waals surface area (Å²) in [5.74, 6) is 0.358. The molecule has 8 nitrogen and oxygen atoms in total. The Morgan fingerprint density at radius 2 is 1.92 bits per heavy atom. The van der Waals surface area contributed by atoms with Crippen molar-refractivity contribution in [3.63, 3.8) is 0 Å². The number of nitrogens with zero attached hydrogens (tertiary/aromatic N) is 4. The van der Waals surface area contributed by atoms with Crippen LogP contribution in [0.15, 0.2) is 58.5 Å². The Labute approximate surface area is 147 Å². The molecule has 0 aliphatic heterocycles. The largest absolute Gasteiger partial charge is 0.383 e. The molecule has 0 unspecified atom stereocenters. The molecule has 25 heavy (non-hydrogen) atoms. The number of nitrogen functional groups attached to an aromatic ring is 1. The maximum absolute atomic E-state index is 12.2. The van der Waals surface area contributed by atoms with Crippen LogP contribution in [0.25, 0.3) is 16.7 Å². The van der Waals surface area contributed by atoms with Gasteiger partial charge in [-0.25, -0.2) is 23.1 Å². The minimum absolute atomic E-state index is 0.266. The topological polar surface area (TPSA) is 116 Å². The monoisotopic (exact) mass is 372 g/mol. The van der Waals surface area contributed by atoms with Crippen molar-refractivity contribution in [1.29, 1.82) is 0 Å². The summed E-state index contributed by atoms with van der Waals surface area (Å²) in [5, 5.41) is 6.64. The number of rotatable bonds is 4. The maximum atomic E-state index is 12.2. The third-order valence-corrected chi connectivity index (χ3v) is 6.30. The number of nitrogens with one attached hydrogen (secondary N) is 1. The van der Waals surface area contributed by atoms with Crippen molar-refractivity contribution < 1.29 is 8.42 Å². The smallest absolute Gasteiger partial charge is 0.271 e. The number of hydrogen-bond acceptors (Lipinski definition) is 7. The second-order valence-electron chi connectivity index (χ2n) is 5.14. The van der Waals surface area contributed by atoms with Gasteiger partial charge in [0.1, 0.15) is 16.4 Å². The molecule has 10 heteroatoms. The van der Waals surface area contributed by atoms with E-state index in [4.69, 9.17) is 5.73 Å². The fraction of sp³-hybridized carbons (Fsp3) is 0. The fourth-order valence-corrected chi connectivity index (χ4v) is 4.40. The van der Waals surface area contributed by atoms with Crippen molar-refractivity contribution in [3.05, 3.63) is 54.3 Å². The Morgan fingerprint density at radius 1 is 1.12 bits per heavy atom. The Bertz CT molecular complexity index is 1130. The molecule has 0 amide bonds. The van der Waals surface area contributed by atoms with Gasteiger partial charge in [-0.1, -0.05) is 6.07 Å². The average molecular weight is 372 g/mol. The Balaban J connectivity index is 1.65. The molecular weight excluding hydrogens is 360 g/mol. The van der Waals surface area contributed by atoms with Crippen LogP contribution < -0.4 is 10.5 Å². The molecule has 0 saturated carbocycles. The van der Waals surface area contributed by atoms with Crippen LogP contribution in [0.1, 0.15) is 0 Å². The summed E-state index contributed by atoms with van der Waals surface area (Å²) in [6.45, 7) is 0. The lowest BCUT2D eigenvalue weighted by molar-refractivity contribution is 0.603. The number of benzene rings is 1. The number of sulfonamides is 1.